The van der Waals surface area contributed by atoms with E-state index >= 15 is 0 Å². The van der Waals surface area contributed by atoms with E-state index < -0.39 is 0 Å². The van der Waals surface area contributed by atoms with Gasteiger partial charge in [-0.05, 0) is 12.8 Å². The zero-order chi connectivity index (χ0) is 9.42. The fraction of sp³-hybridized carbons (Fsp3) is 0.778. The lowest BCUT2D eigenvalue weighted by Crippen LogP contribution is -2.52. The Morgan fingerprint density at radius 3 is 2.77 bits per heavy atom. The van der Waals surface area contributed by atoms with Crippen LogP contribution in [0.5, 0.6) is 0 Å². The fourth-order valence-electron chi connectivity index (χ4n) is 1.76. The SMILES string of the molecule is CC1CN(Cc2ncnn2C)C1C. The molecule has 0 aromatic carbocycles. The standard InChI is InChI=1S/C9H16N4/c1-7-4-13(8(7)2)5-9-10-6-11-12(9)3/h6-8H,4-5H2,1-3H3. The van der Waals surface area contributed by atoms with Crippen LogP contribution in [0.2, 0.25) is 0 Å². The maximum absolute atomic E-state index is 4.21. The molecule has 0 radical (unpaired) electrons. The molecule has 1 aliphatic heterocycles. The summed E-state index contributed by atoms with van der Waals surface area (Å²) in [6.45, 7) is 6.68. The third kappa shape index (κ3) is 1.46. The number of aromatic nitrogens is 3. The molecule has 1 fully saturated rings. The molecular weight excluding hydrogens is 164 g/mol. The number of nitrogens with zero attached hydrogens (tertiary/aromatic N) is 4. The van der Waals surface area contributed by atoms with E-state index in [9.17, 15) is 0 Å². The summed E-state index contributed by atoms with van der Waals surface area (Å²) < 4.78 is 1.84. The first-order valence-electron chi connectivity index (χ1n) is 4.75. The first kappa shape index (κ1) is 8.69. The van der Waals surface area contributed by atoms with Crippen LogP contribution in [0.15, 0.2) is 6.33 Å². The van der Waals surface area contributed by atoms with Gasteiger partial charge in [-0.3, -0.25) is 9.58 Å². The Hall–Kier alpha value is -0.900. The van der Waals surface area contributed by atoms with Gasteiger partial charge in [0.05, 0.1) is 6.54 Å². The average molecular weight is 180 g/mol. The quantitative estimate of drug-likeness (QED) is 0.670. The summed E-state index contributed by atoms with van der Waals surface area (Å²) in [5.41, 5.74) is 0. The lowest BCUT2D eigenvalue weighted by molar-refractivity contribution is 0.0273. The molecule has 0 saturated carbocycles. The summed E-state index contributed by atoms with van der Waals surface area (Å²) in [4.78, 5) is 6.63. The number of hydrogen-bond donors (Lipinski definition) is 0. The Morgan fingerprint density at radius 2 is 2.31 bits per heavy atom. The summed E-state index contributed by atoms with van der Waals surface area (Å²) in [5, 5.41) is 4.05. The van der Waals surface area contributed by atoms with Gasteiger partial charge in [-0.1, -0.05) is 6.92 Å². The molecule has 13 heavy (non-hydrogen) atoms. The van der Waals surface area contributed by atoms with Crippen molar-refractivity contribution in [3.63, 3.8) is 0 Å². The second-order valence-electron chi connectivity index (χ2n) is 3.95. The van der Waals surface area contributed by atoms with Gasteiger partial charge < -0.3 is 0 Å². The molecule has 0 aliphatic carbocycles. The average Bonchev–Trinajstić information content (AvgIpc) is 2.51. The van der Waals surface area contributed by atoms with Crippen LogP contribution in [-0.2, 0) is 13.6 Å². The van der Waals surface area contributed by atoms with E-state index in [-0.39, 0.29) is 0 Å². The summed E-state index contributed by atoms with van der Waals surface area (Å²) in [5.74, 6) is 1.88. The van der Waals surface area contributed by atoms with Crippen LogP contribution < -0.4 is 0 Å². The van der Waals surface area contributed by atoms with Crippen LogP contribution in [0.4, 0.5) is 0 Å². The molecule has 0 amide bonds. The molecule has 2 unspecified atom stereocenters. The Morgan fingerprint density at radius 1 is 1.54 bits per heavy atom. The maximum Gasteiger partial charge on any atom is 0.140 e. The van der Waals surface area contributed by atoms with Gasteiger partial charge in [0.25, 0.3) is 0 Å². The summed E-state index contributed by atoms with van der Waals surface area (Å²) in [6, 6.07) is 0.691. The minimum atomic E-state index is 0.691. The summed E-state index contributed by atoms with van der Waals surface area (Å²) in [7, 11) is 1.94. The van der Waals surface area contributed by atoms with Crippen molar-refractivity contribution in [1.82, 2.24) is 19.7 Å². The molecule has 0 bridgehead atoms. The van der Waals surface area contributed by atoms with Crippen LogP contribution in [0.25, 0.3) is 0 Å². The van der Waals surface area contributed by atoms with E-state index in [4.69, 9.17) is 0 Å². The highest BCUT2D eigenvalue weighted by molar-refractivity contribution is 4.91. The van der Waals surface area contributed by atoms with Crippen molar-refractivity contribution in [2.45, 2.75) is 26.4 Å². The third-order valence-corrected chi connectivity index (χ3v) is 3.07. The molecule has 2 rings (SSSR count). The first-order chi connectivity index (χ1) is 6.18. The van der Waals surface area contributed by atoms with Crippen LogP contribution in [0, 0.1) is 5.92 Å². The number of likely N-dealkylation sites (tertiary alicyclic amines) is 1. The molecule has 4 nitrogen and oxygen atoms in total. The van der Waals surface area contributed by atoms with E-state index in [1.54, 1.807) is 6.33 Å². The van der Waals surface area contributed by atoms with Crippen molar-refractivity contribution in [3.8, 4) is 0 Å². The van der Waals surface area contributed by atoms with E-state index in [1.807, 2.05) is 11.7 Å². The van der Waals surface area contributed by atoms with Crippen molar-refractivity contribution < 1.29 is 0 Å². The van der Waals surface area contributed by atoms with Crippen LogP contribution >= 0.6 is 0 Å². The minimum absolute atomic E-state index is 0.691. The van der Waals surface area contributed by atoms with Gasteiger partial charge in [-0.2, -0.15) is 5.10 Å². The van der Waals surface area contributed by atoms with Gasteiger partial charge in [-0.15, -0.1) is 0 Å². The molecule has 1 saturated heterocycles. The molecule has 1 aromatic heterocycles. The Kier molecular flexibility index (Phi) is 2.07. The highest BCUT2D eigenvalue weighted by Crippen LogP contribution is 2.24. The van der Waals surface area contributed by atoms with Gasteiger partial charge in [0.2, 0.25) is 0 Å². The van der Waals surface area contributed by atoms with Crippen molar-refractivity contribution >= 4 is 0 Å². The zero-order valence-corrected chi connectivity index (χ0v) is 8.44. The topological polar surface area (TPSA) is 34.0 Å². The van der Waals surface area contributed by atoms with Crippen LogP contribution in [0.1, 0.15) is 19.7 Å². The molecular formula is C9H16N4. The van der Waals surface area contributed by atoms with Crippen molar-refractivity contribution in [3.05, 3.63) is 12.2 Å². The second-order valence-corrected chi connectivity index (χ2v) is 3.95. The summed E-state index contributed by atoms with van der Waals surface area (Å²) in [6.07, 6.45) is 1.61. The Labute approximate surface area is 78.6 Å². The van der Waals surface area contributed by atoms with E-state index in [0.29, 0.717) is 6.04 Å². The minimum Gasteiger partial charge on any atom is -0.293 e. The van der Waals surface area contributed by atoms with E-state index in [2.05, 4.69) is 28.8 Å². The maximum atomic E-state index is 4.21. The molecule has 4 heteroatoms. The lowest BCUT2D eigenvalue weighted by atomic mass is 9.92. The van der Waals surface area contributed by atoms with Gasteiger partial charge in [-0.25, -0.2) is 4.98 Å². The Bertz CT molecular complexity index is 294. The van der Waals surface area contributed by atoms with Crippen LogP contribution in [0.3, 0.4) is 0 Å². The molecule has 2 heterocycles. The van der Waals surface area contributed by atoms with Gasteiger partial charge in [0.1, 0.15) is 12.2 Å². The van der Waals surface area contributed by atoms with E-state index in [0.717, 1.165) is 18.3 Å². The Balaban J connectivity index is 1.97. The molecule has 0 spiro atoms. The van der Waals surface area contributed by atoms with Crippen molar-refractivity contribution in [2.75, 3.05) is 6.54 Å². The molecule has 1 aliphatic rings. The largest absolute Gasteiger partial charge is 0.293 e. The lowest BCUT2D eigenvalue weighted by Gasteiger charge is -2.44. The highest BCUT2D eigenvalue weighted by Gasteiger charge is 2.32. The normalized spacial score (nSPS) is 28.8. The van der Waals surface area contributed by atoms with Crippen molar-refractivity contribution in [1.29, 1.82) is 0 Å². The van der Waals surface area contributed by atoms with Crippen LogP contribution in [-0.4, -0.2) is 32.3 Å². The number of hydrogen-bond acceptors (Lipinski definition) is 3. The fourth-order valence-corrected chi connectivity index (χ4v) is 1.76. The monoisotopic (exact) mass is 180 g/mol. The zero-order valence-electron chi connectivity index (χ0n) is 8.44. The van der Waals surface area contributed by atoms with E-state index in [1.165, 1.54) is 6.54 Å². The van der Waals surface area contributed by atoms with Crippen molar-refractivity contribution in [2.24, 2.45) is 13.0 Å². The second kappa shape index (κ2) is 3.10. The van der Waals surface area contributed by atoms with Gasteiger partial charge in [0.15, 0.2) is 0 Å². The predicted molar refractivity (Wildman–Crippen MR) is 50.0 cm³/mol. The smallest absolute Gasteiger partial charge is 0.140 e. The highest BCUT2D eigenvalue weighted by atomic mass is 15.3. The number of rotatable bonds is 2. The van der Waals surface area contributed by atoms with Gasteiger partial charge >= 0.3 is 0 Å². The molecule has 1 aromatic rings. The first-order valence-corrected chi connectivity index (χ1v) is 4.75. The molecule has 72 valence electrons. The number of aryl methyl sites for hydroxylation is 1. The molecule has 0 N–H and O–H groups in total. The van der Waals surface area contributed by atoms with Gasteiger partial charge in [0, 0.05) is 19.6 Å². The summed E-state index contributed by atoms with van der Waals surface area (Å²) >= 11 is 0. The molecule has 2 atom stereocenters. The third-order valence-electron chi connectivity index (χ3n) is 3.07. The predicted octanol–water partition coefficient (Wildman–Crippen LogP) is 0.655.